The Bertz CT molecular complexity index is 855. The summed E-state index contributed by atoms with van der Waals surface area (Å²) in [6.07, 6.45) is 9.83. The van der Waals surface area contributed by atoms with E-state index in [-0.39, 0.29) is 12.4 Å². The second-order valence-corrected chi connectivity index (χ2v) is 6.99. The number of unbranched alkanes of at least 4 members (excludes halogenated alkanes) is 5. The van der Waals surface area contributed by atoms with Crippen LogP contribution in [0.25, 0.3) is 11.0 Å². The van der Waals surface area contributed by atoms with E-state index in [9.17, 15) is 4.79 Å². The summed E-state index contributed by atoms with van der Waals surface area (Å²) in [6, 6.07) is 15.3. The predicted octanol–water partition coefficient (Wildman–Crippen LogP) is 5.54. The molecule has 2 aromatic carbocycles. The molecule has 0 unspecified atom stereocenters. The van der Waals surface area contributed by atoms with E-state index in [1.807, 2.05) is 54.9 Å². The molecule has 4 heteroatoms. The van der Waals surface area contributed by atoms with Crippen molar-refractivity contribution in [1.29, 1.82) is 0 Å². The largest absolute Gasteiger partial charge is 0.426 e. The van der Waals surface area contributed by atoms with Crippen LogP contribution in [0.1, 0.15) is 51.0 Å². The summed E-state index contributed by atoms with van der Waals surface area (Å²) >= 11 is 0. The molecule has 0 aliphatic heterocycles. The van der Waals surface area contributed by atoms with Gasteiger partial charge in [0.2, 0.25) is 0 Å². The van der Waals surface area contributed by atoms with E-state index in [2.05, 4.69) is 16.5 Å². The first kappa shape index (κ1) is 19.2. The minimum atomic E-state index is -0.257. The van der Waals surface area contributed by atoms with Gasteiger partial charge in [-0.15, -0.1) is 0 Å². The number of aromatic nitrogens is 2. The number of carbonyl (C=O) groups is 1. The molecule has 27 heavy (non-hydrogen) atoms. The minimum absolute atomic E-state index is 0.257. The molecule has 0 fully saturated rings. The number of imidazole rings is 1. The Morgan fingerprint density at radius 3 is 2.59 bits per heavy atom. The normalized spacial score (nSPS) is 11.0. The molecule has 0 aliphatic carbocycles. The Labute approximate surface area is 161 Å². The standard InChI is InChI=1S/C23H28N2O2/c1-2-3-4-5-6-10-15-25-18-24-21-17-20(13-14-22(21)25)27-23(26)16-19-11-8-7-9-12-19/h7-9,11-14,17-18H,2-6,10,15-16H2,1H3. The van der Waals surface area contributed by atoms with Gasteiger partial charge in [-0.1, -0.05) is 69.4 Å². The molecule has 0 N–H and O–H groups in total. The van der Waals surface area contributed by atoms with Crippen LogP contribution in [-0.4, -0.2) is 15.5 Å². The third-order valence-corrected chi connectivity index (χ3v) is 4.77. The number of hydrogen-bond donors (Lipinski definition) is 0. The lowest BCUT2D eigenvalue weighted by molar-refractivity contribution is -0.133. The maximum atomic E-state index is 12.1. The predicted molar refractivity (Wildman–Crippen MR) is 109 cm³/mol. The van der Waals surface area contributed by atoms with E-state index < -0.39 is 0 Å². The third kappa shape index (κ3) is 5.68. The summed E-state index contributed by atoms with van der Waals surface area (Å²) in [4.78, 5) is 16.6. The van der Waals surface area contributed by atoms with E-state index in [0.717, 1.165) is 23.1 Å². The summed E-state index contributed by atoms with van der Waals surface area (Å²) in [5.74, 6) is 0.292. The molecule has 142 valence electrons. The number of aryl methyl sites for hydroxylation is 1. The average molecular weight is 364 g/mol. The molecule has 1 heterocycles. The fourth-order valence-corrected chi connectivity index (χ4v) is 3.28. The Balaban J connectivity index is 1.54. The smallest absolute Gasteiger partial charge is 0.315 e. The maximum Gasteiger partial charge on any atom is 0.315 e. The van der Waals surface area contributed by atoms with Crippen molar-refractivity contribution < 1.29 is 9.53 Å². The first-order chi connectivity index (χ1) is 13.3. The van der Waals surface area contributed by atoms with E-state index in [1.165, 1.54) is 38.5 Å². The zero-order valence-electron chi connectivity index (χ0n) is 16.1. The van der Waals surface area contributed by atoms with Crippen LogP contribution in [0.3, 0.4) is 0 Å². The molecule has 3 aromatic rings. The van der Waals surface area contributed by atoms with Crippen molar-refractivity contribution in [1.82, 2.24) is 9.55 Å². The second-order valence-electron chi connectivity index (χ2n) is 6.99. The molecule has 0 amide bonds. The van der Waals surface area contributed by atoms with Gasteiger partial charge < -0.3 is 9.30 Å². The highest BCUT2D eigenvalue weighted by Crippen LogP contribution is 2.21. The monoisotopic (exact) mass is 364 g/mol. The zero-order valence-corrected chi connectivity index (χ0v) is 16.1. The Hall–Kier alpha value is -2.62. The van der Waals surface area contributed by atoms with Crippen LogP contribution >= 0.6 is 0 Å². The number of nitrogens with zero attached hydrogens (tertiary/aromatic N) is 2. The molecular formula is C23H28N2O2. The molecule has 0 atom stereocenters. The minimum Gasteiger partial charge on any atom is -0.426 e. The van der Waals surface area contributed by atoms with Crippen LogP contribution in [0.2, 0.25) is 0 Å². The van der Waals surface area contributed by atoms with Gasteiger partial charge in [0, 0.05) is 12.6 Å². The Morgan fingerprint density at radius 2 is 1.78 bits per heavy atom. The molecule has 0 saturated carbocycles. The average Bonchev–Trinajstić information content (AvgIpc) is 3.07. The van der Waals surface area contributed by atoms with Gasteiger partial charge >= 0.3 is 5.97 Å². The molecule has 1 aromatic heterocycles. The van der Waals surface area contributed by atoms with Crippen molar-refractivity contribution in [3.05, 3.63) is 60.4 Å². The summed E-state index contributed by atoms with van der Waals surface area (Å²) < 4.78 is 7.67. The van der Waals surface area contributed by atoms with Crippen LogP contribution in [0.15, 0.2) is 54.9 Å². The van der Waals surface area contributed by atoms with Crippen molar-refractivity contribution in [3.63, 3.8) is 0 Å². The molecule has 0 spiro atoms. The van der Waals surface area contributed by atoms with Gasteiger partial charge in [0.25, 0.3) is 0 Å². The van der Waals surface area contributed by atoms with Crippen LogP contribution in [0, 0.1) is 0 Å². The topological polar surface area (TPSA) is 44.1 Å². The van der Waals surface area contributed by atoms with E-state index in [1.54, 1.807) is 0 Å². The highest BCUT2D eigenvalue weighted by molar-refractivity contribution is 5.80. The Kier molecular flexibility index (Phi) is 7.03. The van der Waals surface area contributed by atoms with Gasteiger partial charge in [0.1, 0.15) is 5.75 Å². The van der Waals surface area contributed by atoms with Crippen LogP contribution in [0.4, 0.5) is 0 Å². The highest BCUT2D eigenvalue weighted by atomic mass is 16.5. The molecule has 0 aliphatic rings. The summed E-state index contributed by atoms with van der Waals surface area (Å²) in [5.41, 5.74) is 2.91. The lowest BCUT2D eigenvalue weighted by atomic mass is 10.1. The molecule has 0 radical (unpaired) electrons. The first-order valence-electron chi connectivity index (χ1n) is 9.96. The SMILES string of the molecule is CCCCCCCCn1cnc2cc(OC(=O)Cc3ccccc3)ccc21. The van der Waals surface area contributed by atoms with Crippen molar-refractivity contribution in [3.8, 4) is 5.75 Å². The number of benzene rings is 2. The van der Waals surface area contributed by atoms with Gasteiger partial charge in [0.05, 0.1) is 23.8 Å². The number of ether oxygens (including phenoxy) is 1. The molecule has 3 rings (SSSR count). The molecule has 0 bridgehead atoms. The Morgan fingerprint density at radius 1 is 1.00 bits per heavy atom. The highest BCUT2D eigenvalue weighted by Gasteiger charge is 2.09. The number of rotatable bonds is 10. The van der Waals surface area contributed by atoms with Gasteiger partial charge in [-0.05, 0) is 24.1 Å². The van der Waals surface area contributed by atoms with Crippen molar-refractivity contribution in [2.75, 3.05) is 0 Å². The second kappa shape index (κ2) is 9.91. The van der Waals surface area contributed by atoms with E-state index in [4.69, 9.17) is 4.74 Å². The summed E-state index contributed by atoms with van der Waals surface area (Å²) in [7, 11) is 0. The molecule has 0 saturated heterocycles. The van der Waals surface area contributed by atoms with Gasteiger partial charge in [-0.3, -0.25) is 4.79 Å². The van der Waals surface area contributed by atoms with Gasteiger partial charge in [-0.25, -0.2) is 4.98 Å². The lowest BCUT2D eigenvalue weighted by Crippen LogP contribution is -2.11. The third-order valence-electron chi connectivity index (χ3n) is 4.77. The number of carbonyl (C=O) groups excluding carboxylic acids is 1. The number of esters is 1. The fraction of sp³-hybridized carbons (Fsp3) is 0.391. The van der Waals surface area contributed by atoms with Gasteiger partial charge in [0.15, 0.2) is 0 Å². The van der Waals surface area contributed by atoms with E-state index in [0.29, 0.717) is 5.75 Å². The van der Waals surface area contributed by atoms with E-state index >= 15 is 0 Å². The summed E-state index contributed by atoms with van der Waals surface area (Å²) in [6.45, 7) is 3.22. The zero-order chi connectivity index (χ0) is 18.9. The van der Waals surface area contributed by atoms with Crippen molar-refractivity contribution >= 4 is 17.0 Å². The van der Waals surface area contributed by atoms with Gasteiger partial charge in [-0.2, -0.15) is 0 Å². The van der Waals surface area contributed by atoms with Crippen molar-refractivity contribution in [2.24, 2.45) is 0 Å². The van der Waals surface area contributed by atoms with Crippen LogP contribution in [-0.2, 0) is 17.8 Å². The molecular weight excluding hydrogens is 336 g/mol. The van der Waals surface area contributed by atoms with Crippen LogP contribution in [0.5, 0.6) is 5.75 Å². The van der Waals surface area contributed by atoms with Crippen molar-refractivity contribution in [2.45, 2.75) is 58.4 Å². The fourth-order valence-electron chi connectivity index (χ4n) is 3.28. The number of hydrogen-bond acceptors (Lipinski definition) is 3. The maximum absolute atomic E-state index is 12.1. The quantitative estimate of drug-likeness (QED) is 0.269. The first-order valence-corrected chi connectivity index (χ1v) is 9.96. The lowest BCUT2D eigenvalue weighted by Gasteiger charge is -2.06. The number of fused-ring (bicyclic) bond motifs is 1. The molecule has 4 nitrogen and oxygen atoms in total. The van der Waals surface area contributed by atoms with Crippen LogP contribution < -0.4 is 4.74 Å². The summed E-state index contributed by atoms with van der Waals surface area (Å²) in [5, 5.41) is 0.